The molecular weight excluding hydrogens is 306 g/mol. The predicted octanol–water partition coefficient (Wildman–Crippen LogP) is 1.49. The van der Waals surface area contributed by atoms with Crippen molar-refractivity contribution in [2.75, 3.05) is 6.54 Å². The molecule has 7 nitrogen and oxygen atoms in total. The van der Waals surface area contributed by atoms with E-state index >= 15 is 0 Å². The van der Waals surface area contributed by atoms with Crippen molar-refractivity contribution in [2.45, 2.75) is 40.7 Å². The Hall–Kier alpha value is -1.96. The Balaban J connectivity index is 2.60. The quantitative estimate of drug-likeness (QED) is 0.759. The monoisotopic (exact) mass is 327 g/mol. The van der Waals surface area contributed by atoms with E-state index in [4.69, 9.17) is 5.11 Å². The van der Waals surface area contributed by atoms with E-state index in [1.165, 1.54) is 0 Å². The van der Waals surface area contributed by atoms with Crippen LogP contribution >= 0.6 is 11.3 Å². The van der Waals surface area contributed by atoms with E-state index in [0.717, 1.165) is 11.3 Å². The Morgan fingerprint density at radius 2 is 1.91 bits per heavy atom. The molecule has 3 N–H and O–H groups in total. The molecule has 0 saturated heterocycles. The van der Waals surface area contributed by atoms with Gasteiger partial charge in [-0.25, -0.2) is 9.78 Å². The summed E-state index contributed by atoms with van der Waals surface area (Å²) in [6, 6.07) is -0.421. The summed E-state index contributed by atoms with van der Waals surface area (Å²) in [6.07, 6.45) is 0. The number of carboxylic acid groups (broad SMARTS) is 1. The summed E-state index contributed by atoms with van der Waals surface area (Å²) in [4.78, 5) is 38.8. The molecule has 22 heavy (non-hydrogen) atoms. The number of carbonyl (C=O) groups excluding carboxylic acids is 2. The third-order valence-electron chi connectivity index (χ3n) is 2.85. The van der Waals surface area contributed by atoms with E-state index in [-0.39, 0.29) is 23.2 Å². The van der Waals surface area contributed by atoms with Crippen LogP contribution in [0.1, 0.15) is 54.1 Å². The van der Waals surface area contributed by atoms with Crippen LogP contribution in [0.5, 0.6) is 0 Å². The number of aromatic nitrogens is 1. The van der Waals surface area contributed by atoms with Crippen molar-refractivity contribution in [3.63, 3.8) is 0 Å². The predicted molar refractivity (Wildman–Crippen MR) is 82.8 cm³/mol. The number of nitrogens with one attached hydrogen (secondary N) is 2. The van der Waals surface area contributed by atoms with Gasteiger partial charge in [-0.05, 0) is 13.8 Å². The van der Waals surface area contributed by atoms with E-state index in [9.17, 15) is 14.4 Å². The van der Waals surface area contributed by atoms with Crippen molar-refractivity contribution in [1.82, 2.24) is 15.6 Å². The molecular formula is C14H21N3O4S. The summed E-state index contributed by atoms with van der Waals surface area (Å²) in [5, 5.41) is 14.8. The van der Waals surface area contributed by atoms with E-state index in [0.29, 0.717) is 10.7 Å². The van der Waals surface area contributed by atoms with Gasteiger partial charge in [0.25, 0.3) is 0 Å². The van der Waals surface area contributed by atoms with E-state index in [1.807, 2.05) is 0 Å². The highest BCUT2D eigenvalue weighted by Crippen LogP contribution is 2.23. The molecule has 1 rings (SSSR count). The number of carboxylic acids is 1. The van der Waals surface area contributed by atoms with Crippen molar-refractivity contribution < 1.29 is 19.5 Å². The molecule has 122 valence electrons. The van der Waals surface area contributed by atoms with Gasteiger partial charge in [-0.1, -0.05) is 20.8 Å². The summed E-state index contributed by atoms with van der Waals surface area (Å²) in [5.74, 6) is -1.60. The SMILES string of the molecule is Cc1nc(C(C)NC(=O)CNC(=O)C(C)(C)C)sc1C(=O)O. The Bertz CT molecular complexity index is 589. The summed E-state index contributed by atoms with van der Waals surface area (Å²) in [5.41, 5.74) is -0.135. The first kappa shape index (κ1) is 18.1. The lowest BCUT2D eigenvalue weighted by Gasteiger charge is -2.18. The average Bonchev–Trinajstić information content (AvgIpc) is 2.77. The number of aryl methyl sites for hydroxylation is 1. The number of thiazole rings is 1. The van der Waals surface area contributed by atoms with Crippen molar-refractivity contribution in [2.24, 2.45) is 5.41 Å². The van der Waals surface area contributed by atoms with Gasteiger partial charge < -0.3 is 15.7 Å². The fourth-order valence-electron chi connectivity index (χ4n) is 1.58. The highest BCUT2D eigenvalue weighted by atomic mass is 32.1. The van der Waals surface area contributed by atoms with Crippen LogP contribution in [0.25, 0.3) is 0 Å². The minimum absolute atomic E-state index is 0.128. The van der Waals surface area contributed by atoms with Gasteiger partial charge in [0.1, 0.15) is 9.88 Å². The minimum Gasteiger partial charge on any atom is -0.477 e. The maximum Gasteiger partial charge on any atom is 0.347 e. The van der Waals surface area contributed by atoms with Crippen LogP contribution in [0.2, 0.25) is 0 Å². The summed E-state index contributed by atoms with van der Waals surface area (Å²) in [6.45, 7) is 8.48. The Morgan fingerprint density at radius 3 is 2.36 bits per heavy atom. The van der Waals surface area contributed by atoms with Crippen LogP contribution < -0.4 is 10.6 Å². The molecule has 0 spiro atoms. The zero-order chi connectivity index (χ0) is 17.1. The smallest absolute Gasteiger partial charge is 0.347 e. The lowest BCUT2D eigenvalue weighted by Crippen LogP contribution is -2.42. The normalized spacial score (nSPS) is 12.6. The van der Waals surface area contributed by atoms with Crippen LogP contribution in [0.4, 0.5) is 0 Å². The number of nitrogens with zero attached hydrogens (tertiary/aromatic N) is 1. The Labute approximate surface area is 133 Å². The van der Waals surface area contributed by atoms with Gasteiger partial charge in [0.15, 0.2) is 0 Å². The first-order valence-corrected chi connectivity index (χ1v) is 7.62. The van der Waals surface area contributed by atoms with Gasteiger partial charge in [-0.3, -0.25) is 9.59 Å². The molecule has 8 heteroatoms. The lowest BCUT2D eigenvalue weighted by atomic mass is 9.96. The summed E-state index contributed by atoms with van der Waals surface area (Å²) >= 11 is 1.03. The van der Waals surface area contributed by atoms with Crippen molar-refractivity contribution >= 4 is 29.1 Å². The van der Waals surface area contributed by atoms with E-state index in [2.05, 4.69) is 15.6 Å². The third-order valence-corrected chi connectivity index (χ3v) is 4.17. The Morgan fingerprint density at radius 1 is 1.32 bits per heavy atom. The van der Waals surface area contributed by atoms with Crippen molar-refractivity contribution in [3.8, 4) is 0 Å². The second-order valence-corrected chi connectivity index (χ2v) is 7.02. The van der Waals surface area contributed by atoms with Crippen LogP contribution in [0.3, 0.4) is 0 Å². The van der Waals surface area contributed by atoms with Crippen molar-refractivity contribution in [3.05, 3.63) is 15.6 Å². The highest BCUT2D eigenvalue weighted by Gasteiger charge is 2.22. The molecule has 2 amide bonds. The topological polar surface area (TPSA) is 108 Å². The van der Waals surface area contributed by atoms with Crippen LogP contribution in [-0.2, 0) is 9.59 Å². The largest absolute Gasteiger partial charge is 0.477 e. The van der Waals surface area contributed by atoms with Gasteiger partial charge in [0.2, 0.25) is 11.8 Å². The second-order valence-electron chi connectivity index (χ2n) is 5.99. The van der Waals surface area contributed by atoms with Gasteiger partial charge in [0.05, 0.1) is 18.3 Å². The number of rotatable bonds is 5. The summed E-state index contributed by atoms with van der Waals surface area (Å²) < 4.78 is 0. The molecule has 1 aromatic heterocycles. The summed E-state index contributed by atoms with van der Waals surface area (Å²) in [7, 11) is 0. The highest BCUT2D eigenvalue weighted by molar-refractivity contribution is 7.13. The second kappa shape index (κ2) is 6.87. The first-order valence-electron chi connectivity index (χ1n) is 6.80. The molecule has 0 aliphatic heterocycles. The first-order chi connectivity index (χ1) is 10.0. The molecule has 1 atom stereocenters. The lowest BCUT2D eigenvalue weighted by molar-refractivity contribution is -0.131. The zero-order valence-electron chi connectivity index (χ0n) is 13.3. The fourth-order valence-corrected chi connectivity index (χ4v) is 2.49. The molecule has 0 aromatic carbocycles. The van der Waals surface area contributed by atoms with Gasteiger partial charge >= 0.3 is 5.97 Å². The molecule has 1 unspecified atom stereocenters. The number of amides is 2. The van der Waals surface area contributed by atoms with Crippen LogP contribution in [0.15, 0.2) is 0 Å². The van der Waals surface area contributed by atoms with E-state index in [1.54, 1.807) is 34.6 Å². The van der Waals surface area contributed by atoms with Crippen molar-refractivity contribution in [1.29, 1.82) is 0 Å². The minimum atomic E-state index is -1.03. The molecule has 0 aliphatic rings. The molecule has 0 radical (unpaired) electrons. The number of hydrogen-bond donors (Lipinski definition) is 3. The molecule has 0 aliphatic carbocycles. The van der Waals surface area contributed by atoms with E-state index < -0.39 is 17.4 Å². The molecule has 1 heterocycles. The third kappa shape index (κ3) is 4.80. The molecule has 0 fully saturated rings. The van der Waals surface area contributed by atoms with Gasteiger partial charge in [-0.15, -0.1) is 11.3 Å². The zero-order valence-corrected chi connectivity index (χ0v) is 14.1. The van der Waals surface area contributed by atoms with Gasteiger partial charge in [0, 0.05) is 5.41 Å². The maximum atomic E-state index is 11.8. The molecule has 0 bridgehead atoms. The molecule has 1 aromatic rings. The number of hydrogen-bond acceptors (Lipinski definition) is 5. The molecule has 0 saturated carbocycles. The van der Waals surface area contributed by atoms with Gasteiger partial charge in [-0.2, -0.15) is 0 Å². The maximum absolute atomic E-state index is 11.8. The Kier molecular flexibility index (Phi) is 5.65. The number of aromatic carboxylic acids is 1. The standard InChI is InChI=1S/C14H21N3O4S/c1-7-10(12(19)20)22-11(17-7)8(2)16-9(18)6-15-13(21)14(3,4)5/h8H,6H2,1-5H3,(H,15,21)(H,16,18)(H,19,20). The van der Waals surface area contributed by atoms with Crippen LogP contribution in [-0.4, -0.2) is 34.4 Å². The average molecular weight is 327 g/mol. The van der Waals surface area contributed by atoms with Crippen LogP contribution in [0, 0.1) is 12.3 Å². The number of carbonyl (C=O) groups is 3. The fraction of sp³-hybridized carbons (Fsp3) is 0.571.